The lowest BCUT2D eigenvalue weighted by molar-refractivity contribution is -0.141. The molecule has 8 heteroatoms. The van der Waals surface area contributed by atoms with Crippen molar-refractivity contribution in [2.45, 2.75) is 24.5 Å². The van der Waals surface area contributed by atoms with Crippen LogP contribution in [0.5, 0.6) is 0 Å². The average molecular weight is 383 g/mol. The Morgan fingerprint density at radius 2 is 1.84 bits per heavy atom. The number of amides is 2. The number of carbonyl (C=O) groups excluding carboxylic acids is 2. The minimum absolute atomic E-state index is 0.141. The number of hydrogen-bond donors (Lipinski definition) is 2. The van der Waals surface area contributed by atoms with E-state index in [2.05, 4.69) is 5.32 Å². The highest BCUT2D eigenvalue weighted by Gasteiger charge is 2.26. The van der Waals surface area contributed by atoms with Crippen molar-refractivity contribution in [3.63, 3.8) is 0 Å². The van der Waals surface area contributed by atoms with Gasteiger partial charge in [-0.05, 0) is 24.6 Å². The Morgan fingerprint density at radius 1 is 1.24 bits per heavy atom. The zero-order chi connectivity index (χ0) is 18.4. The van der Waals surface area contributed by atoms with Gasteiger partial charge in [0, 0.05) is 37.1 Å². The summed E-state index contributed by atoms with van der Waals surface area (Å²) >= 11 is 3.78. The molecule has 1 fully saturated rings. The van der Waals surface area contributed by atoms with Crippen LogP contribution in [0.2, 0.25) is 0 Å². The van der Waals surface area contributed by atoms with Gasteiger partial charge in [0.05, 0.1) is 4.58 Å². The first-order valence-electron chi connectivity index (χ1n) is 8.01. The van der Waals surface area contributed by atoms with Crippen molar-refractivity contribution in [3.05, 3.63) is 35.4 Å². The van der Waals surface area contributed by atoms with Crippen molar-refractivity contribution >= 4 is 41.3 Å². The summed E-state index contributed by atoms with van der Waals surface area (Å²) in [7, 11) is 0. The molecule has 6 nitrogen and oxygen atoms in total. The lowest BCUT2D eigenvalue weighted by atomic mass is 10.1. The van der Waals surface area contributed by atoms with E-state index in [0.29, 0.717) is 10.1 Å². The largest absolute Gasteiger partial charge is 0.480 e. The van der Waals surface area contributed by atoms with Crippen LogP contribution in [0.1, 0.15) is 34.4 Å². The van der Waals surface area contributed by atoms with Crippen LogP contribution in [0.4, 0.5) is 0 Å². The maximum Gasteiger partial charge on any atom is 0.326 e. The molecule has 0 aromatic heterocycles. The van der Waals surface area contributed by atoms with Gasteiger partial charge in [0.1, 0.15) is 6.04 Å². The molecule has 1 aliphatic rings. The SMILES string of the molecule is CC(=O)NCCN(C(=O)c1ccc(C2SCCS2)cc1)C(C)C(=O)O. The highest BCUT2D eigenvalue weighted by Crippen LogP contribution is 2.45. The Hall–Kier alpha value is -1.67. The van der Waals surface area contributed by atoms with E-state index >= 15 is 0 Å². The molecule has 1 heterocycles. The first-order valence-corrected chi connectivity index (χ1v) is 10.1. The molecule has 0 radical (unpaired) electrons. The van der Waals surface area contributed by atoms with Crippen molar-refractivity contribution in [1.82, 2.24) is 10.2 Å². The minimum Gasteiger partial charge on any atom is -0.480 e. The topological polar surface area (TPSA) is 86.7 Å². The third-order valence-corrected chi connectivity index (χ3v) is 6.97. The summed E-state index contributed by atoms with van der Waals surface area (Å²) in [4.78, 5) is 36.3. The first-order chi connectivity index (χ1) is 11.9. The second kappa shape index (κ2) is 9.15. The number of thioether (sulfide) groups is 2. The fraction of sp³-hybridized carbons (Fsp3) is 0.471. The van der Waals surface area contributed by atoms with Crippen molar-refractivity contribution in [1.29, 1.82) is 0 Å². The van der Waals surface area contributed by atoms with E-state index in [1.165, 1.54) is 24.3 Å². The zero-order valence-electron chi connectivity index (χ0n) is 14.2. The monoisotopic (exact) mass is 382 g/mol. The molecule has 1 aromatic rings. The molecule has 1 aromatic carbocycles. The van der Waals surface area contributed by atoms with E-state index in [1.807, 2.05) is 35.7 Å². The van der Waals surface area contributed by atoms with Gasteiger partial charge in [-0.1, -0.05) is 12.1 Å². The molecule has 1 aliphatic heterocycles. The van der Waals surface area contributed by atoms with Crippen molar-refractivity contribution in [2.75, 3.05) is 24.6 Å². The summed E-state index contributed by atoms with van der Waals surface area (Å²) < 4.78 is 0.401. The predicted octanol–water partition coefficient (Wildman–Crippen LogP) is 2.22. The average Bonchev–Trinajstić information content (AvgIpc) is 3.12. The fourth-order valence-corrected chi connectivity index (χ4v) is 5.32. The summed E-state index contributed by atoms with van der Waals surface area (Å²) in [5.41, 5.74) is 1.62. The Kier molecular flexibility index (Phi) is 7.19. The second-order valence-corrected chi connectivity index (χ2v) is 8.42. The quantitative estimate of drug-likeness (QED) is 0.752. The van der Waals surface area contributed by atoms with Gasteiger partial charge in [0.15, 0.2) is 0 Å². The molecule has 136 valence electrons. The van der Waals surface area contributed by atoms with Crippen LogP contribution in [-0.4, -0.2) is 58.4 Å². The van der Waals surface area contributed by atoms with Crippen LogP contribution in [0.3, 0.4) is 0 Å². The number of aliphatic carboxylic acids is 1. The number of carboxylic acid groups (broad SMARTS) is 1. The highest BCUT2D eigenvalue weighted by atomic mass is 32.2. The summed E-state index contributed by atoms with van der Waals surface area (Å²) in [5.74, 6) is 0.614. The number of benzene rings is 1. The van der Waals surface area contributed by atoms with E-state index in [4.69, 9.17) is 0 Å². The van der Waals surface area contributed by atoms with Crippen molar-refractivity contribution < 1.29 is 19.5 Å². The smallest absolute Gasteiger partial charge is 0.326 e. The molecule has 0 aliphatic carbocycles. The van der Waals surface area contributed by atoms with Crippen LogP contribution < -0.4 is 5.32 Å². The summed E-state index contributed by atoms with van der Waals surface area (Å²) in [5, 5.41) is 11.8. The van der Waals surface area contributed by atoms with Crippen molar-refractivity contribution in [3.8, 4) is 0 Å². The third kappa shape index (κ3) is 5.40. The second-order valence-electron chi connectivity index (χ2n) is 5.69. The van der Waals surface area contributed by atoms with Gasteiger partial charge in [-0.25, -0.2) is 4.79 Å². The molecule has 25 heavy (non-hydrogen) atoms. The first kappa shape index (κ1) is 19.7. The Balaban J connectivity index is 2.10. The number of rotatable bonds is 7. The van der Waals surface area contributed by atoms with E-state index in [-0.39, 0.29) is 24.9 Å². The Morgan fingerprint density at radius 3 is 2.36 bits per heavy atom. The normalized spacial score (nSPS) is 15.6. The maximum absolute atomic E-state index is 12.7. The molecular weight excluding hydrogens is 360 g/mol. The third-order valence-electron chi connectivity index (χ3n) is 3.86. The van der Waals surface area contributed by atoms with E-state index < -0.39 is 12.0 Å². The van der Waals surface area contributed by atoms with E-state index in [1.54, 1.807) is 12.1 Å². The molecule has 1 unspecified atom stereocenters. The minimum atomic E-state index is -1.08. The number of nitrogens with zero attached hydrogens (tertiary/aromatic N) is 1. The maximum atomic E-state index is 12.7. The summed E-state index contributed by atoms with van der Waals surface area (Å²) in [6.07, 6.45) is 0. The molecule has 2 rings (SSSR count). The Bertz CT molecular complexity index is 630. The van der Waals surface area contributed by atoms with Crippen LogP contribution in [0, 0.1) is 0 Å². The molecule has 1 atom stereocenters. The van der Waals surface area contributed by atoms with Crippen LogP contribution in [0.25, 0.3) is 0 Å². The molecule has 1 saturated heterocycles. The van der Waals surface area contributed by atoms with Gasteiger partial charge >= 0.3 is 5.97 Å². The van der Waals surface area contributed by atoms with Gasteiger partial charge in [0.2, 0.25) is 5.91 Å². The van der Waals surface area contributed by atoms with E-state index in [9.17, 15) is 19.5 Å². The fourth-order valence-electron chi connectivity index (χ4n) is 2.46. The number of hydrogen-bond acceptors (Lipinski definition) is 5. The molecule has 2 N–H and O–H groups in total. The zero-order valence-corrected chi connectivity index (χ0v) is 15.9. The molecule has 2 amide bonds. The number of carboxylic acids is 1. The molecule has 0 spiro atoms. The Labute approximate surface area is 155 Å². The van der Waals surface area contributed by atoms with Gasteiger partial charge in [-0.15, -0.1) is 23.5 Å². The van der Waals surface area contributed by atoms with Gasteiger partial charge in [-0.3, -0.25) is 9.59 Å². The van der Waals surface area contributed by atoms with Crippen LogP contribution in [-0.2, 0) is 9.59 Å². The van der Waals surface area contributed by atoms with Crippen molar-refractivity contribution in [2.24, 2.45) is 0 Å². The van der Waals surface area contributed by atoms with Gasteiger partial charge < -0.3 is 15.3 Å². The van der Waals surface area contributed by atoms with Crippen LogP contribution >= 0.6 is 23.5 Å². The van der Waals surface area contributed by atoms with E-state index in [0.717, 1.165) is 11.5 Å². The summed E-state index contributed by atoms with van der Waals surface area (Å²) in [6.45, 7) is 3.20. The lowest BCUT2D eigenvalue weighted by Gasteiger charge is -2.26. The van der Waals surface area contributed by atoms with Gasteiger partial charge in [-0.2, -0.15) is 0 Å². The predicted molar refractivity (Wildman–Crippen MR) is 101 cm³/mol. The molecule has 0 saturated carbocycles. The number of nitrogens with one attached hydrogen (secondary N) is 1. The summed E-state index contributed by atoms with van der Waals surface area (Å²) in [6, 6.07) is 6.39. The molecule has 0 bridgehead atoms. The molecular formula is C17H22N2O4S2. The standard InChI is InChI=1S/C17H22N2O4S2/c1-11(16(22)23)19(8-7-18-12(2)20)15(21)13-3-5-14(6-4-13)17-24-9-10-25-17/h3-6,11,17H,7-10H2,1-2H3,(H,18,20)(H,22,23). The number of carbonyl (C=O) groups is 3. The van der Waals surface area contributed by atoms with Gasteiger partial charge in [0.25, 0.3) is 5.91 Å². The lowest BCUT2D eigenvalue weighted by Crippen LogP contribution is -2.46. The highest BCUT2D eigenvalue weighted by molar-refractivity contribution is 8.19. The van der Waals surface area contributed by atoms with Crippen LogP contribution in [0.15, 0.2) is 24.3 Å².